The summed E-state index contributed by atoms with van der Waals surface area (Å²) in [4.78, 5) is 15.0. The van der Waals surface area contributed by atoms with E-state index in [2.05, 4.69) is 31.0 Å². The Morgan fingerprint density at radius 3 is 3.00 bits per heavy atom. The Morgan fingerprint density at radius 2 is 2.40 bits per heavy atom. The number of hydrogen-bond acceptors (Lipinski definition) is 5. The quantitative estimate of drug-likeness (QED) is 0.674. The molecule has 0 aliphatic carbocycles. The van der Waals surface area contributed by atoms with Crippen molar-refractivity contribution in [3.8, 4) is 0 Å². The van der Waals surface area contributed by atoms with Crippen molar-refractivity contribution in [1.82, 2.24) is 20.3 Å². The molecule has 2 amide bonds. The number of aromatic amines is 1. The number of hydrogen-bond donors (Lipinski definition) is 3. The second-order valence-corrected chi connectivity index (χ2v) is 2.74. The first kappa shape index (κ1) is 9.19. The molecule has 0 atom stereocenters. The topological polar surface area (TPSA) is 109 Å². The van der Waals surface area contributed by atoms with Crippen LogP contribution in [-0.2, 0) is 0 Å². The van der Waals surface area contributed by atoms with Crippen LogP contribution in [0.2, 0.25) is 0 Å². The highest BCUT2D eigenvalue weighted by atomic mass is 16.5. The lowest BCUT2D eigenvalue weighted by molar-refractivity contribution is 0.261. The van der Waals surface area contributed by atoms with Crippen LogP contribution in [0.4, 0.5) is 16.6 Å². The van der Waals surface area contributed by atoms with Gasteiger partial charge in [-0.25, -0.2) is 9.89 Å². The van der Waals surface area contributed by atoms with Crippen LogP contribution in [0.25, 0.3) is 0 Å². The van der Waals surface area contributed by atoms with Gasteiger partial charge in [0.1, 0.15) is 12.1 Å². The second-order valence-electron chi connectivity index (χ2n) is 2.74. The van der Waals surface area contributed by atoms with Crippen LogP contribution in [-0.4, -0.2) is 26.4 Å². The van der Waals surface area contributed by atoms with Crippen LogP contribution in [0.15, 0.2) is 16.9 Å². The van der Waals surface area contributed by atoms with Gasteiger partial charge in [0.2, 0.25) is 5.95 Å². The minimum Gasteiger partial charge on any atom is -0.360 e. The van der Waals surface area contributed by atoms with Gasteiger partial charge >= 0.3 is 6.03 Å². The summed E-state index contributed by atoms with van der Waals surface area (Å²) in [7, 11) is 0. The van der Waals surface area contributed by atoms with Gasteiger partial charge in [0, 0.05) is 6.07 Å². The van der Waals surface area contributed by atoms with Crippen LogP contribution in [0.1, 0.15) is 5.76 Å². The fourth-order valence-electron chi connectivity index (χ4n) is 0.946. The lowest BCUT2D eigenvalue weighted by atomic mass is 10.5. The van der Waals surface area contributed by atoms with Gasteiger partial charge in [-0.05, 0) is 6.92 Å². The molecule has 0 fully saturated rings. The third kappa shape index (κ3) is 2.30. The third-order valence-electron chi connectivity index (χ3n) is 1.52. The Hall–Kier alpha value is -2.38. The first-order chi connectivity index (χ1) is 7.24. The number of urea groups is 1. The second kappa shape index (κ2) is 3.78. The standard InChI is InChI=1S/C7H8N6O2/c1-4-2-5(13-15-4)10-7(14)11-6-8-3-9-12-6/h2-3H,1H3,(H3,8,9,10,11,12,13,14). The molecule has 0 spiro atoms. The van der Waals surface area contributed by atoms with Gasteiger partial charge in [0.15, 0.2) is 5.82 Å². The average Bonchev–Trinajstić information content (AvgIpc) is 2.77. The van der Waals surface area contributed by atoms with Gasteiger partial charge in [0.05, 0.1) is 0 Å². The maximum atomic E-state index is 11.3. The molecule has 0 radical (unpaired) electrons. The summed E-state index contributed by atoms with van der Waals surface area (Å²) in [5, 5.41) is 14.5. The highest BCUT2D eigenvalue weighted by Crippen LogP contribution is 2.07. The molecule has 0 unspecified atom stereocenters. The number of aromatic nitrogens is 4. The zero-order valence-corrected chi connectivity index (χ0v) is 7.81. The zero-order valence-electron chi connectivity index (χ0n) is 7.81. The van der Waals surface area contributed by atoms with Gasteiger partial charge in [-0.15, -0.1) is 0 Å². The molecule has 0 aliphatic rings. The largest absolute Gasteiger partial charge is 0.360 e. The molecule has 2 aromatic rings. The highest BCUT2D eigenvalue weighted by Gasteiger charge is 2.06. The number of carbonyl (C=O) groups is 1. The monoisotopic (exact) mass is 208 g/mol. The summed E-state index contributed by atoms with van der Waals surface area (Å²) in [5.41, 5.74) is 0. The van der Waals surface area contributed by atoms with Gasteiger partial charge in [-0.3, -0.25) is 10.6 Å². The number of carbonyl (C=O) groups excluding carboxylic acids is 1. The SMILES string of the molecule is Cc1cc(NC(=O)Nc2ncn[nH]2)no1. The molecular weight excluding hydrogens is 200 g/mol. The minimum atomic E-state index is -0.472. The summed E-state index contributed by atoms with van der Waals surface area (Å²) in [6.07, 6.45) is 1.29. The van der Waals surface area contributed by atoms with Crippen LogP contribution >= 0.6 is 0 Å². The lowest BCUT2D eigenvalue weighted by Gasteiger charge is -1.99. The number of nitrogens with one attached hydrogen (secondary N) is 3. The summed E-state index contributed by atoms with van der Waals surface area (Å²) in [6, 6.07) is 1.13. The molecule has 8 heteroatoms. The fourth-order valence-corrected chi connectivity index (χ4v) is 0.946. The van der Waals surface area contributed by atoms with Gasteiger partial charge in [0.25, 0.3) is 0 Å². The molecular formula is C7H8N6O2. The molecule has 3 N–H and O–H groups in total. The maximum absolute atomic E-state index is 11.3. The van der Waals surface area contributed by atoms with E-state index < -0.39 is 6.03 Å². The van der Waals surface area contributed by atoms with E-state index in [0.29, 0.717) is 11.6 Å². The Morgan fingerprint density at radius 1 is 1.53 bits per heavy atom. The molecule has 0 aliphatic heterocycles. The zero-order chi connectivity index (χ0) is 10.7. The molecule has 78 valence electrons. The van der Waals surface area contributed by atoms with Crippen molar-refractivity contribution in [3.63, 3.8) is 0 Å². The molecule has 15 heavy (non-hydrogen) atoms. The minimum absolute atomic E-state index is 0.257. The lowest BCUT2D eigenvalue weighted by Crippen LogP contribution is -2.20. The van der Waals surface area contributed by atoms with Crippen molar-refractivity contribution in [3.05, 3.63) is 18.2 Å². The maximum Gasteiger partial charge on any atom is 0.327 e. The van der Waals surface area contributed by atoms with Crippen molar-refractivity contribution in [2.24, 2.45) is 0 Å². The van der Waals surface area contributed by atoms with Crippen molar-refractivity contribution in [2.75, 3.05) is 10.6 Å². The van der Waals surface area contributed by atoms with Crippen molar-refractivity contribution < 1.29 is 9.32 Å². The Balaban J connectivity index is 1.93. The van der Waals surface area contributed by atoms with E-state index in [1.165, 1.54) is 6.33 Å². The Kier molecular flexibility index (Phi) is 2.31. The highest BCUT2D eigenvalue weighted by molar-refractivity contribution is 5.97. The summed E-state index contributed by atoms with van der Waals surface area (Å²) in [5.74, 6) is 1.21. The fraction of sp³-hybridized carbons (Fsp3) is 0.143. The van der Waals surface area contributed by atoms with E-state index >= 15 is 0 Å². The first-order valence-electron chi connectivity index (χ1n) is 4.11. The average molecular weight is 208 g/mol. The molecule has 2 rings (SSSR count). The van der Waals surface area contributed by atoms with E-state index in [1.807, 2.05) is 0 Å². The normalized spacial score (nSPS) is 9.93. The van der Waals surface area contributed by atoms with E-state index in [4.69, 9.17) is 4.52 Å². The molecule has 2 aromatic heterocycles. The predicted octanol–water partition coefficient (Wildman–Crippen LogP) is 0.745. The van der Waals surface area contributed by atoms with Crippen LogP contribution in [0.5, 0.6) is 0 Å². The van der Waals surface area contributed by atoms with E-state index in [-0.39, 0.29) is 5.95 Å². The number of anilines is 2. The molecule has 0 aromatic carbocycles. The number of H-pyrrole nitrogens is 1. The van der Waals surface area contributed by atoms with Gasteiger partial charge < -0.3 is 4.52 Å². The third-order valence-corrected chi connectivity index (χ3v) is 1.52. The number of aryl methyl sites for hydroxylation is 1. The van der Waals surface area contributed by atoms with E-state index in [1.54, 1.807) is 13.0 Å². The van der Waals surface area contributed by atoms with Crippen molar-refractivity contribution >= 4 is 17.8 Å². The number of amides is 2. The van der Waals surface area contributed by atoms with E-state index in [9.17, 15) is 4.79 Å². The Labute approximate surface area is 84.1 Å². The smallest absolute Gasteiger partial charge is 0.327 e. The van der Waals surface area contributed by atoms with Crippen molar-refractivity contribution in [1.29, 1.82) is 0 Å². The number of rotatable bonds is 2. The first-order valence-corrected chi connectivity index (χ1v) is 4.11. The molecule has 0 bridgehead atoms. The number of nitrogens with zero attached hydrogens (tertiary/aromatic N) is 3. The Bertz CT molecular complexity index is 448. The summed E-state index contributed by atoms with van der Waals surface area (Å²) < 4.78 is 4.77. The predicted molar refractivity (Wildman–Crippen MR) is 50.3 cm³/mol. The van der Waals surface area contributed by atoms with Crippen LogP contribution in [0.3, 0.4) is 0 Å². The molecule has 2 heterocycles. The van der Waals surface area contributed by atoms with Crippen LogP contribution in [0, 0.1) is 6.92 Å². The molecule has 8 nitrogen and oxygen atoms in total. The van der Waals surface area contributed by atoms with E-state index in [0.717, 1.165) is 0 Å². The summed E-state index contributed by atoms with van der Waals surface area (Å²) >= 11 is 0. The van der Waals surface area contributed by atoms with Gasteiger partial charge in [-0.2, -0.15) is 10.1 Å². The summed E-state index contributed by atoms with van der Waals surface area (Å²) in [6.45, 7) is 1.73. The molecule has 0 saturated carbocycles. The van der Waals surface area contributed by atoms with Gasteiger partial charge in [-0.1, -0.05) is 5.16 Å². The molecule has 0 saturated heterocycles. The van der Waals surface area contributed by atoms with Crippen LogP contribution < -0.4 is 10.6 Å². The van der Waals surface area contributed by atoms with Crippen molar-refractivity contribution in [2.45, 2.75) is 6.92 Å².